The minimum absolute atomic E-state index is 0.0810. The van der Waals surface area contributed by atoms with Crippen molar-refractivity contribution in [2.75, 3.05) is 6.61 Å². The highest BCUT2D eigenvalue weighted by Crippen LogP contribution is 2.17. The number of aliphatic carboxylic acids is 1. The number of rotatable bonds is 6. The average molecular weight is 218 g/mol. The van der Waals surface area contributed by atoms with Gasteiger partial charge >= 0.3 is 11.9 Å². The van der Waals surface area contributed by atoms with E-state index in [1.807, 2.05) is 0 Å². The highest BCUT2D eigenvalue weighted by molar-refractivity contribution is 5.93. The molecule has 0 aromatic heterocycles. The van der Waals surface area contributed by atoms with E-state index in [1.54, 1.807) is 20.8 Å². The van der Waals surface area contributed by atoms with Crippen LogP contribution in [0.2, 0.25) is 0 Å². The van der Waals surface area contributed by atoms with Gasteiger partial charge in [-0.2, -0.15) is 0 Å². The van der Waals surface area contributed by atoms with Gasteiger partial charge in [0.05, 0.1) is 12.2 Å². The molecular weight excluding hydrogens is 200 g/mol. The minimum atomic E-state index is -1.21. The second-order valence-electron chi connectivity index (χ2n) is 3.99. The monoisotopic (exact) mass is 218 g/mol. The molecule has 0 bridgehead atoms. The van der Waals surface area contributed by atoms with Crippen molar-refractivity contribution in [3.8, 4) is 0 Å². The summed E-state index contributed by atoms with van der Waals surface area (Å²) in [7, 11) is 0. The topological polar surface area (TPSA) is 83.8 Å². The van der Waals surface area contributed by atoms with Crippen molar-refractivity contribution in [2.24, 2.45) is 5.92 Å². The molecule has 0 rings (SSSR count). The lowest BCUT2D eigenvalue weighted by molar-refractivity contribution is -0.159. The molecule has 5 nitrogen and oxygen atoms in total. The lowest BCUT2D eigenvalue weighted by atomic mass is 9.95. The molecule has 5 heteroatoms. The smallest absolute Gasteiger partial charge is 0.320 e. The largest absolute Gasteiger partial charge is 0.481 e. The van der Waals surface area contributed by atoms with E-state index >= 15 is 0 Å². The molecule has 0 aliphatic carbocycles. The summed E-state index contributed by atoms with van der Waals surface area (Å²) in [6, 6.07) is 0. The Kier molecular flexibility index (Phi) is 5.28. The Labute approximate surface area is 89.0 Å². The van der Waals surface area contributed by atoms with Gasteiger partial charge in [0.1, 0.15) is 0 Å². The molecule has 0 radical (unpaired) electrons. The van der Waals surface area contributed by atoms with Crippen molar-refractivity contribution in [3.05, 3.63) is 0 Å². The van der Waals surface area contributed by atoms with E-state index < -0.39 is 23.5 Å². The van der Waals surface area contributed by atoms with E-state index in [0.717, 1.165) is 0 Å². The number of hydrogen-bond acceptors (Lipinski definition) is 4. The number of carbonyl (C=O) groups is 2. The third-order valence-corrected chi connectivity index (χ3v) is 1.91. The van der Waals surface area contributed by atoms with Crippen LogP contribution in [0, 0.1) is 5.92 Å². The summed E-state index contributed by atoms with van der Waals surface area (Å²) >= 11 is 0. The highest BCUT2D eigenvalue weighted by Gasteiger charge is 2.29. The first kappa shape index (κ1) is 13.9. The van der Waals surface area contributed by atoms with Gasteiger partial charge in [-0.05, 0) is 33.6 Å². The fourth-order valence-electron chi connectivity index (χ4n) is 1.08. The van der Waals surface area contributed by atoms with Crippen LogP contribution in [0.3, 0.4) is 0 Å². The van der Waals surface area contributed by atoms with Crippen LogP contribution in [0.5, 0.6) is 0 Å². The van der Waals surface area contributed by atoms with E-state index in [-0.39, 0.29) is 19.4 Å². The molecule has 1 atom stereocenters. The third-order valence-electron chi connectivity index (χ3n) is 1.91. The molecule has 0 heterocycles. The molecular formula is C10H18O5. The van der Waals surface area contributed by atoms with E-state index in [1.165, 1.54) is 0 Å². The van der Waals surface area contributed by atoms with Crippen LogP contribution in [-0.2, 0) is 14.3 Å². The molecule has 0 fully saturated rings. The highest BCUT2D eigenvalue weighted by atomic mass is 16.5. The van der Waals surface area contributed by atoms with E-state index in [2.05, 4.69) is 4.74 Å². The number of ether oxygens (including phenoxy) is 1. The summed E-state index contributed by atoms with van der Waals surface area (Å²) in [5.41, 5.74) is -0.972. The van der Waals surface area contributed by atoms with Crippen LogP contribution in [0.15, 0.2) is 0 Å². The van der Waals surface area contributed by atoms with Crippen LogP contribution in [-0.4, -0.2) is 34.4 Å². The molecule has 0 aromatic rings. The molecule has 1 unspecified atom stereocenters. The maximum absolute atomic E-state index is 11.2. The standard InChI is InChI=1S/C10H18O5/c1-4-15-9(13)7(8(11)12)5-6-10(2,3)14/h7,14H,4-6H2,1-3H3,(H,11,12). The van der Waals surface area contributed by atoms with Crippen LogP contribution in [0.1, 0.15) is 33.6 Å². The number of carboxylic acids is 1. The normalized spacial score (nSPS) is 13.3. The van der Waals surface area contributed by atoms with E-state index in [4.69, 9.17) is 5.11 Å². The lowest BCUT2D eigenvalue weighted by Gasteiger charge is -2.19. The van der Waals surface area contributed by atoms with Gasteiger partial charge in [-0.3, -0.25) is 9.59 Å². The van der Waals surface area contributed by atoms with E-state index in [9.17, 15) is 14.7 Å². The van der Waals surface area contributed by atoms with Gasteiger partial charge < -0.3 is 14.9 Å². The molecule has 0 aliphatic rings. The quantitative estimate of drug-likeness (QED) is 0.509. The summed E-state index contributed by atoms with van der Waals surface area (Å²) in [5.74, 6) is -3.14. The molecule has 0 aromatic carbocycles. The molecule has 15 heavy (non-hydrogen) atoms. The zero-order valence-electron chi connectivity index (χ0n) is 9.32. The van der Waals surface area contributed by atoms with E-state index in [0.29, 0.717) is 0 Å². The van der Waals surface area contributed by atoms with Crippen molar-refractivity contribution < 1.29 is 24.5 Å². The first-order chi connectivity index (χ1) is 6.78. The maximum Gasteiger partial charge on any atom is 0.320 e. The van der Waals surface area contributed by atoms with Gasteiger partial charge in [-0.1, -0.05) is 0 Å². The van der Waals surface area contributed by atoms with Crippen molar-refractivity contribution in [1.82, 2.24) is 0 Å². The predicted octanol–water partition coefficient (Wildman–Crippen LogP) is 0.801. The van der Waals surface area contributed by atoms with Crippen LogP contribution >= 0.6 is 0 Å². The Bertz CT molecular complexity index is 228. The lowest BCUT2D eigenvalue weighted by Crippen LogP contribution is -2.29. The fraction of sp³-hybridized carbons (Fsp3) is 0.800. The first-order valence-corrected chi connectivity index (χ1v) is 4.89. The molecule has 0 saturated heterocycles. The van der Waals surface area contributed by atoms with Gasteiger partial charge in [0.15, 0.2) is 5.92 Å². The number of carboxylic acid groups (broad SMARTS) is 1. The van der Waals surface area contributed by atoms with Crippen molar-refractivity contribution >= 4 is 11.9 Å². The Morgan fingerprint density at radius 3 is 2.27 bits per heavy atom. The molecule has 0 saturated carbocycles. The molecule has 0 aliphatic heterocycles. The second kappa shape index (κ2) is 5.70. The number of aliphatic hydroxyl groups is 1. The van der Waals surface area contributed by atoms with Crippen LogP contribution in [0.25, 0.3) is 0 Å². The Morgan fingerprint density at radius 1 is 1.40 bits per heavy atom. The first-order valence-electron chi connectivity index (χ1n) is 4.89. The summed E-state index contributed by atoms with van der Waals surface area (Å²) in [5, 5.41) is 18.2. The van der Waals surface area contributed by atoms with Gasteiger partial charge in [0.25, 0.3) is 0 Å². The Hall–Kier alpha value is -1.10. The summed E-state index contributed by atoms with van der Waals surface area (Å²) in [4.78, 5) is 22.0. The van der Waals surface area contributed by atoms with Crippen molar-refractivity contribution in [2.45, 2.75) is 39.2 Å². The summed E-state index contributed by atoms with van der Waals surface area (Å²) < 4.78 is 4.63. The Morgan fingerprint density at radius 2 is 1.93 bits per heavy atom. The van der Waals surface area contributed by atoms with Crippen molar-refractivity contribution in [1.29, 1.82) is 0 Å². The third kappa shape index (κ3) is 6.06. The van der Waals surface area contributed by atoms with Gasteiger partial charge in [0, 0.05) is 0 Å². The van der Waals surface area contributed by atoms with Gasteiger partial charge in [-0.25, -0.2) is 0 Å². The SMILES string of the molecule is CCOC(=O)C(CCC(C)(C)O)C(=O)O. The molecule has 88 valence electrons. The van der Waals surface area contributed by atoms with Crippen molar-refractivity contribution in [3.63, 3.8) is 0 Å². The van der Waals surface area contributed by atoms with Gasteiger partial charge in [0.2, 0.25) is 0 Å². The Balaban J connectivity index is 4.29. The summed E-state index contributed by atoms with van der Waals surface area (Å²) in [6.45, 7) is 4.91. The van der Waals surface area contributed by atoms with Crippen LogP contribution in [0.4, 0.5) is 0 Å². The number of esters is 1. The number of carbonyl (C=O) groups excluding carboxylic acids is 1. The number of hydrogen-bond donors (Lipinski definition) is 2. The minimum Gasteiger partial charge on any atom is -0.481 e. The average Bonchev–Trinajstić information content (AvgIpc) is 2.01. The fourth-order valence-corrected chi connectivity index (χ4v) is 1.08. The molecule has 0 spiro atoms. The molecule has 2 N–H and O–H groups in total. The van der Waals surface area contributed by atoms with Gasteiger partial charge in [-0.15, -0.1) is 0 Å². The maximum atomic E-state index is 11.2. The summed E-state index contributed by atoms with van der Waals surface area (Å²) in [6.07, 6.45) is 0.320. The van der Waals surface area contributed by atoms with Crippen LogP contribution < -0.4 is 0 Å². The zero-order valence-corrected chi connectivity index (χ0v) is 9.32. The predicted molar refractivity (Wildman–Crippen MR) is 53.3 cm³/mol. The molecule has 0 amide bonds. The zero-order chi connectivity index (χ0) is 12.1. The second-order valence-corrected chi connectivity index (χ2v) is 3.99.